The van der Waals surface area contributed by atoms with E-state index < -0.39 is 17.8 Å². The van der Waals surface area contributed by atoms with Gasteiger partial charge in [0.25, 0.3) is 0 Å². The molecule has 0 saturated carbocycles. The second-order valence-electron chi connectivity index (χ2n) is 7.49. The highest BCUT2D eigenvalue weighted by atomic mass is 19.4. The third-order valence-corrected chi connectivity index (χ3v) is 5.13. The van der Waals surface area contributed by atoms with Crippen molar-refractivity contribution in [2.75, 3.05) is 36.5 Å². The highest BCUT2D eigenvalue weighted by molar-refractivity contribution is 5.94. The Morgan fingerprint density at radius 3 is 2.50 bits per heavy atom. The number of ether oxygens (including phenoxy) is 1. The van der Waals surface area contributed by atoms with Gasteiger partial charge in [-0.05, 0) is 44.5 Å². The maximum Gasteiger partial charge on any atom is 0.418 e. The van der Waals surface area contributed by atoms with Gasteiger partial charge < -0.3 is 15.0 Å². The van der Waals surface area contributed by atoms with Crippen LogP contribution in [0.5, 0.6) is 0 Å². The fourth-order valence-corrected chi connectivity index (χ4v) is 3.75. The predicted octanol–water partition coefficient (Wildman–Crippen LogP) is 4.34. The van der Waals surface area contributed by atoms with Crippen molar-refractivity contribution >= 4 is 17.3 Å². The van der Waals surface area contributed by atoms with Crippen LogP contribution in [0.3, 0.4) is 0 Å². The topological polar surface area (TPSA) is 59.4 Å². The number of alkyl halides is 3. The number of carbonyl (C=O) groups is 1. The van der Waals surface area contributed by atoms with Crippen LogP contribution in [0.1, 0.15) is 42.8 Å². The summed E-state index contributed by atoms with van der Waals surface area (Å²) >= 11 is 0. The van der Waals surface area contributed by atoms with Crippen molar-refractivity contribution in [1.29, 1.82) is 0 Å². The van der Waals surface area contributed by atoms with Gasteiger partial charge in [0.05, 0.1) is 24.5 Å². The Hall–Kier alpha value is -2.55. The van der Waals surface area contributed by atoms with Crippen LogP contribution in [0.4, 0.5) is 24.5 Å². The van der Waals surface area contributed by atoms with E-state index in [1.807, 2.05) is 26.8 Å². The number of hydrogen-bond donors (Lipinski definition) is 1. The van der Waals surface area contributed by atoms with Gasteiger partial charge in [-0.25, -0.2) is 0 Å². The number of amides is 1. The molecule has 2 heterocycles. The van der Waals surface area contributed by atoms with Crippen molar-refractivity contribution in [1.82, 2.24) is 9.78 Å². The SMILES string of the molecule is CCC[C@H](C(=O)Nc1ccc(N2CCOCC2)c(C(F)(F)F)c1)n1nc(C)cc1C. The summed E-state index contributed by atoms with van der Waals surface area (Å²) in [6.07, 6.45) is -3.27. The van der Waals surface area contributed by atoms with Crippen LogP contribution in [-0.4, -0.2) is 42.0 Å². The van der Waals surface area contributed by atoms with Crippen molar-refractivity contribution in [3.63, 3.8) is 0 Å². The highest BCUT2D eigenvalue weighted by Gasteiger charge is 2.36. The first-order valence-corrected chi connectivity index (χ1v) is 10.1. The van der Waals surface area contributed by atoms with E-state index in [4.69, 9.17) is 4.74 Å². The number of aryl methyl sites for hydroxylation is 2. The minimum absolute atomic E-state index is 0.104. The number of rotatable bonds is 6. The molecule has 1 fully saturated rings. The molecule has 0 bridgehead atoms. The van der Waals surface area contributed by atoms with E-state index in [9.17, 15) is 18.0 Å². The van der Waals surface area contributed by atoms with E-state index in [1.54, 1.807) is 9.58 Å². The molecule has 1 aromatic heterocycles. The molecule has 1 atom stereocenters. The van der Waals surface area contributed by atoms with Gasteiger partial charge >= 0.3 is 6.18 Å². The summed E-state index contributed by atoms with van der Waals surface area (Å²) in [4.78, 5) is 14.6. The lowest BCUT2D eigenvalue weighted by atomic mass is 10.1. The molecule has 2 aromatic rings. The number of carbonyl (C=O) groups excluding carboxylic acids is 1. The minimum Gasteiger partial charge on any atom is -0.378 e. The Kier molecular flexibility index (Phi) is 6.70. The molecule has 3 rings (SSSR count). The van der Waals surface area contributed by atoms with E-state index in [0.717, 1.165) is 23.9 Å². The number of anilines is 2. The van der Waals surface area contributed by atoms with Crippen molar-refractivity contribution in [2.45, 2.75) is 45.8 Å². The molecule has 0 aliphatic carbocycles. The summed E-state index contributed by atoms with van der Waals surface area (Å²) < 4.78 is 48.1. The lowest BCUT2D eigenvalue weighted by molar-refractivity contribution is -0.137. The Bertz CT molecular complexity index is 889. The fraction of sp³-hybridized carbons (Fsp3) is 0.524. The number of hydrogen-bond acceptors (Lipinski definition) is 4. The molecule has 1 aliphatic heterocycles. The number of halogens is 3. The molecule has 0 radical (unpaired) electrons. The largest absolute Gasteiger partial charge is 0.418 e. The maximum atomic E-state index is 13.7. The van der Waals surface area contributed by atoms with Crippen LogP contribution >= 0.6 is 0 Å². The lowest BCUT2D eigenvalue weighted by Gasteiger charge is -2.31. The molecule has 9 heteroatoms. The third kappa shape index (κ3) is 4.95. The lowest BCUT2D eigenvalue weighted by Crippen LogP contribution is -2.37. The molecule has 0 spiro atoms. The molecule has 30 heavy (non-hydrogen) atoms. The van der Waals surface area contributed by atoms with Gasteiger partial charge in [0.15, 0.2) is 0 Å². The second kappa shape index (κ2) is 9.07. The van der Waals surface area contributed by atoms with Crippen LogP contribution in [0.15, 0.2) is 24.3 Å². The first-order chi connectivity index (χ1) is 14.2. The van der Waals surface area contributed by atoms with Gasteiger partial charge in [-0.1, -0.05) is 13.3 Å². The third-order valence-electron chi connectivity index (χ3n) is 5.13. The van der Waals surface area contributed by atoms with Crippen LogP contribution in [0.2, 0.25) is 0 Å². The summed E-state index contributed by atoms with van der Waals surface area (Å²) in [5.41, 5.74) is 1.08. The van der Waals surface area contributed by atoms with Crippen LogP contribution < -0.4 is 10.2 Å². The number of benzene rings is 1. The smallest absolute Gasteiger partial charge is 0.378 e. The van der Waals surface area contributed by atoms with Gasteiger partial charge in [0, 0.05) is 30.2 Å². The Morgan fingerprint density at radius 1 is 1.23 bits per heavy atom. The molecule has 1 saturated heterocycles. The molecular formula is C21H27F3N4O2. The Balaban J connectivity index is 1.87. The number of aromatic nitrogens is 2. The van der Waals surface area contributed by atoms with Gasteiger partial charge in [-0.15, -0.1) is 0 Å². The molecule has 1 aromatic carbocycles. The molecule has 0 unspecified atom stereocenters. The maximum absolute atomic E-state index is 13.7. The fourth-order valence-electron chi connectivity index (χ4n) is 3.75. The first kappa shape index (κ1) is 22.1. The van der Waals surface area contributed by atoms with Crippen molar-refractivity contribution in [3.05, 3.63) is 41.2 Å². The van der Waals surface area contributed by atoms with Crippen molar-refractivity contribution < 1.29 is 22.7 Å². The number of morpholine rings is 1. The van der Waals surface area contributed by atoms with E-state index >= 15 is 0 Å². The van der Waals surface area contributed by atoms with Gasteiger partial charge in [-0.2, -0.15) is 18.3 Å². The summed E-state index contributed by atoms with van der Waals surface area (Å²) in [5, 5.41) is 7.04. The standard InChI is InChI=1S/C21H27F3N4O2/c1-4-5-19(28-15(3)12-14(2)26-28)20(29)25-16-6-7-18(17(13-16)21(22,23)24)27-8-10-30-11-9-27/h6-7,12-13,19H,4-5,8-11H2,1-3H3,(H,25,29)/t19-/m1/s1. The highest BCUT2D eigenvalue weighted by Crippen LogP contribution is 2.38. The number of nitrogens with one attached hydrogen (secondary N) is 1. The van der Waals surface area contributed by atoms with E-state index in [0.29, 0.717) is 32.7 Å². The average Bonchev–Trinajstić information content (AvgIpc) is 3.03. The predicted molar refractivity (Wildman–Crippen MR) is 109 cm³/mol. The average molecular weight is 424 g/mol. The molecule has 1 N–H and O–H groups in total. The van der Waals surface area contributed by atoms with E-state index in [1.165, 1.54) is 12.1 Å². The minimum atomic E-state index is -4.53. The zero-order valence-electron chi connectivity index (χ0n) is 17.4. The van der Waals surface area contributed by atoms with Gasteiger partial charge in [0.2, 0.25) is 5.91 Å². The zero-order valence-corrected chi connectivity index (χ0v) is 17.4. The summed E-state index contributed by atoms with van der Waals surface area (Å²) in [6, 6.07) is 5.23. The molecule has 164 valence electrons. The van der Waals surface area contributed by atoms with Gasteiger partial charge in [-0.3, -0.25) is 9.48 Å². The van der Waals surface area contributed by atoms with E-state index in [2.05, 4.69) is 10.4 Å². The normalized spacial score (nSPS) is 15.9. The van der Waals surface area contributed by atoms with E-state index in [-0.39, 0.29) is 17.3 Å². The zero-order chi connectivity index (χ0) is 21.9. The van der Waals surface area contributed by atoms with Crippen molar-refractivity contribution in [2.24, 2.45) is 0 Å². The summed E-state index contributed by atoms with van der Waals surface area (Å²) in [5.74, 6) is -0.379. The molecule has 1 aliphatic rings. The van der Waals surface area contributed by atoms with Crippen molar-refractivity contribution in [3.8, 4) is 0 Å². The number of nitrogens with zero attached hydrogens (tertiary/aromatic N) is 3. The molecule has 1 amide bonds. The quantitative estimate of drug-likeness (QED) is 0.750. The second-order valence-corrected chi connectivity index (χ2v) is 7.49. The summed E-state index contributed by atoms with van der Waals surface area (Å²) in [7, 11) is 0. The Morgan fingerprint density at radius 2 is 1.93 bits per heavy atom. The first-order valence-electron chi connectivity index (χ1n) is 10.1. The van der Waals surface area contributed by atoms with Gasteiger partial charge in [0.1, 0.15) is 6.04 Å². The monoisotopic (exact) mass is 424 g/mol. The molecular weight excluding hydrogens is 397 g/mol. The molecule has 6 nitrogen and oxygen atoms in total. The Labute approximate surface area is 174 Å². The van der Waals surface area contributed by atoms with Crippen LogP contribution in [0, 0.1) is 13.8 Å². The summed E-state index contributed by atoms with van der Waals surface area (Å²) in [6.45, 7) is 7.20. The van der Waals surface area contributed by atoms with Crippen LogP contribution in [0.25, 0.3) is 0 Å². The van der Waals surface area contributed by atoms with Crippen LogP contribution in [-0.2, 0) is 15.7 Å².